The van der Waals surface area contributed by atoms with Crippen molar-refractivity contribution in [3.05, 3.63) is 5.69 Å². The quantitative estimate of drug-likeness (QED) is 0.793. The molecule has 1 aliphatic heterocycles. The molecule has 2 N–H and O–H groups in total. The fourth-order valence-corrected chi connectivity index (χ4v) is 2.47. The molecule has 0 atom stereocenters. The van der Waals surface area contributed by atoms with Crippen LogP contribution in [0.3, 0.4) is 0 Å². The first kappa shape index (κ1) is 12.3. The number of piperidine rings is 1. The standard InChI is InChI=1S/C10H16N4O2S/c1-16-10(15)7-2-4-14(5-3-7)6-8-9(11)17-13-12-8/h7H,2-6,11H2,1H3. The molecule has 7 heteroatoms. The van der Waals surface area contributed by atoms with E-state index in [2.05, 4.69) is 14.5 Å². The molecule has 0 amide bonds. The van der Waals surface area contributed by atoms with E-state index in [4.69, 9.17) is 10.5 Å². The number of ether oxygens (including phenoxy) is 1. The normalized spacial score (nSPS) is 18.2. The Morgan fingerprint density at radius 3 is 2.82 bits per heavy atom. The topological polar surface area (TPSA) is 81.3 Å². The van der Waals surface area contributed by atoms with Gasteiger partial charge in [0.1, 0.15) is 10.7 Å². The zero-order valence-electron chi connectivity index (χ0n) is 9.76. The third kappa shape index (κ3) is 2.92. The minimum absolute atomic E-state index is 0.0437. The fraction of sp³-hybridized carbons (Fsp3) is 0.700. The van der Waals surface area contributed by atoms with Gasteiger partial charge in [-0.05, 0) is 25.9 Å². The van der Waals surface area contributed by atoms with Gasteiger partial charge in [-0.15, -0.1) is 5.10 Å². The molecule has 6 nitrogen and oxygen atoms in total. The largest absolute Gasteiger partial charge is 0.469 e. The molecule has 2 heterocycles. The van der Waals surface area contributed by atoms with Crippen molar-refractivity contribution in [1.82, 2.24) is 14.5 Å². The van der Waals surface area contributed by atoms with Crippen molar-refractivity contribution in [1.29, 1.82) is 0 Å². The summed E-state index contributed by atoms with van der Waals surface area (Å²) in [5.41, 5.74) is 6.59. The highest BCUT2D eigenvalue weighted by Crippen LogP contribution is 2.21. The van der Waals surface area contributed by atoms with Crippen molar-refractivity contribution in [2.45, 2.75) is 19.4 Å². The summed E-state index contributed by atoms with van der Waals surface area (Å²) in [6.45, 7) is 2.46. The SMILES string of the molecule is COC(=O)C1CCN(Cc2nnsc2N)CC1. The number of nitrogens with zero attached hydrogens (tertiary/aromatic N) is 3. The molecule has 0 aromatic carbocycles. The lowest BCUT2D eigenvalue weighted by Gasteiger charge is -2.29. The second kappa shape index (κ2) is 5.42. The molecule has 1 aromatic rings. The first-order chi connectivity index (χ1) is 8.20. The summed E-state index contributed by atoms with van der Waals surface area (Å²) >= 11 is 1.22. The maximum absolute atomic E-state index is 11.4. The number of aromatic nitrogens is 2. The van der Waals surface area contributed by atoms with E-state index in [1.807, 2.05) is 0 Å². The summed E-state index contributed by atoms with van der Waals surface area (Å²) in [7, 11) is 1.44. The van der Waals surface area contributed by atoms with Gasteiger partial charge in [-0.25, -0.2) is 0 Å². The molecular formula is C10H16N4O2S. The number of nitrogen functional groups attached to an aromatic ring is 1. The van der Waals surface area contributed by atoms with E-state index in [0.29, 0.717) is 5.00 Å². The lowest BCUT2D eigenvalue weighted by Crippen LogP contribution is -2.36. The van der Waals surface area contributed by atoms with Gasteiger partial charge in [0, 0.05) is 18.1 Å². The molecule has 2 rings (SSSR count). The lowest BCUT2D eigenvalue weighted by molar-refractivity contribution is -0.147. The van der Waals surface area contributed by atoms with Crippen molar-refractivity contribution in [3.8, 4) is 0 Å². The van der Waals surface area contributed by atoms with Crippen LogP contribution in [0.5, 0.6) is 0 Å². The van der Waals surface area contributed by atoms with Gasteiger partial charge in [0.05, 0.1) is 13.0 Å². The minimum atomic E-state index is -0.0977. The molecule has 17 heavy (non-hydrogen) atoms. The molecule has 0 unspecified atom stereocenters. The van der Waals surface area contributed by atoms with Gasteiger partial charge in [0.2, 0.25) is 0 Å². The van der Waals surface area contributed by atoms with Crippen LogP contribution in [-0.2, 0) is 16.1 Å². The van der Waals surface area contributed by atoms with Crippen LogP contribution in [0.15, 0.2) is 0 Å². The van der Waals surface area contributed by atoms with Crippen LogP contribution in [0.4, 0.5) is 5.00 Å². The number of nitrogens with two attached hydrogens (primary N) is 1. The van der Waals surface area contributed by atoms with E-state index >= 15 is 0 Å². The van der Waals surface area contributed by atoms with Gasteiger partial charge in [-0.2, -0.15) is 0 Å². The molecule has 1 aromatic heterocycles. The Labute approximate surface area is 104 Å². The van der Waals surface area contributed by atoms with Crippen molar-refractivity contribution in [2.24, 2.45) is 5.92 Å². The number of anilines is 1. The fourth-order valence-electron chi connectivity index (χ4n) is 2.03. The molecule has 0 spiro atoms. The molecule has 94 valence electrons. The number of esters is 1. The second-order valence-electron chi connectivity index (χ2n) is 4.16. The smallest absolute Gasteiger partial charge is 0.308 e. The molecule has 0 aliphatic carbocycles. The molecular weight excluding hydrogens is 240 g/mol. The molecule has 0 bridgehead atoms. The molecule has 0 radical (unpaired) electrons. The predicted octanol–water partition coefficient (Wildman–Crippen LogP) is 0.505. The van der Waals surface area contributed by atoms with Crippen LogP contribution < -0.4 is 5.73 Å². The molecule has 0 saturated carbocycles. The predicted molar refractivity (Wildman–Crippen MR) is 64.3 cm³/mol. The summed E-state index contributed by atoms with van der Waals surface area (Å²) in [5, 5.41) is 4.67. The molecule has 1 fully saturated rings. The van der Waals surface area contributed by atoms with Gasteiger partial charge in [0.15, 0.2) is 0 Å². The van der Waals surface area contributed by atoms with E-state index in [-0.39, 0.29) is 11.9 Å². The zero-order chi connectivity index (χ0) is 12.3. The highest BCUT2D eigenvalue weighted by molar-refractivity contribution is 7.09. The Kier molecular flexibility index (Phi) is 3.90. The van der Waals surface area contributed by atoms with E-state index in [0.717, 1.165) is 38.2 Å². The van der Waals surface area contributed by atoms with Gasteiger partial charge in [-0.3, -0.25) is 9.69 Å². The van der Waals surface area contributed by atoms with E-state index < -0.39 is 0 Å². The average Bonchev–Trinajstić information content (AvgIpc) is 2.75. The number of carbonyl (C=O) groups excluding carboxylic acids is 1. The summed E-state index contributed by atoms with van der Waals surface area (Å²) in [6, 6.07) is 0. The maximum atomic E-state index is 11.4. The van der Waals surface area contributed by atoms with Crippen LogP contribution in [0.1, 0.15) is 18.5 Å². The summed E-state index contributed by atoms with van der Waals surface area (Å²) in [6.07, 6.45) is 1.67. The van der Waals surface area contributed by atoms with Crippen molar-refractivity contribution in [2.75, 3.05) is 25.9 Å². The van der Waals surface area contributed by atoms with Crippen molar-refractivity contribution >= 4 is 22.5 Å². The Hall–Kier alpha value is -1.21. The number of likely N-dealkylation sites (tertiary alicyclic amines) is 1. The maximum Gasteiger partial charge on any atom is 0.308 e. The first-order valence-electron chi connectivity index (χ1n) is 5.57. The Bertz CT molecular complexity index is 387. The lowest BCUT2D eigenvalue weighted by atomic mass is 9.97. The van der Waals surface area contributed by atoms with E-state index in [1.54, 1.807) is 0 Å². The third-order valence-electron chi connectivity index (χ3n) is 3.08. The van der Waals surface area contributed by atoms with Crippen LogP contribution in [0, 0.1) is 5.92 Å². The highest BCUT2D eigenvalue weighted by atomic mass is 32.1. The van der Waals surface area contributed by atoms with Crippen LogP contribution in [0.2, 0.25) is 0 Å². The summed E-state index contributed by atoms with van der Waals surface area (Å²) < 4.78 is 8.56. The van der Waals surface area contributed by atoms with Gasteiger partial charge < -0.3 is 10.5 Å². The van der Waals surface area contributed by atoms with Crippen molar-refractivity contribution < 1.29 is 9.53 Å². The molecule has 1 aliphatic rings. The number of hydrogen-bond donors (Lipinski definition) is 1. The second-order valence-corrected chi connectivity index (χ2v) is 4.94. The number of methoxy groups -OCH3 is 1. The van der Waals surface area contributed by atoms with E-state index in [1.165, 1.54) is 18.6 Å². The van der Waals surface area contributed by atoms with Crippen LogP contribution in [-0.4, -0.2) is 40.7 Å². The van der Waals surface area contributed by atoms with Gasteiger partial charge >= 0.3 is 5.97 Å². The average molecular weight is 256 g/mol. The monoisotopic (exact) mass is 256 g/mol. The summed E-state index contributed by atoms with van der Waals surface area (Å²) in [5.74, 6) is -0.0540. The highest BCUT2D eigenvalue weighted by Gasteiger charge is 2.26. The number of carbonyl (C=O) groups is 1. The zero-order valence-corrected chi connectivity index (χ0v) is 10.6. The Morgan fingerprint density at radius 2 is 2.29 bits per heavy atom. The van der Waals surface area contributed by atoms with Crippen molar-refractivity contribution in [3.63, 3.8) is 0 Å². The van der Waals surface area contributed by atoms with Crippen LogP contribution in [0.25, 0.3) is 0 Å². The summed E-state index contributed by atoms with van der Waals surface area (Å²) in [4.78, 5) is 13.6. The third-order valence-corrected chi connectivity index (χ3v) is 3.68. The Morgan fingerprint density at radius 1 is 1.59 bits per heavy atom. The number of rotatable bonds is 3. The molecule has 1 saturated heterocycles. The van der Waals surface area contributed by atoms with Crippen LogP contribution >= 0.6 is 11.5 Å². The van der Waals surface area contributed by atoms with Gasteiger partial charge in [-0.1, -0.05) is 4.49 Å². The number of hydrogen-bond acceptors (Lipinski definition) is 7. The first-order valence-corrected chi connectivity index (χ1v) is 6.35. The van der Waals surface area contributed by atoms with Gasteiger partial charge in [0.25, 0.3) is 0 Å². The Balaban J connectivity index is 1.83. The minimum Gasteiger partial charge on any atom is -0.469 e. The van der Waals surface area contributed by atoms with E-state index in [9.17, 15) is 4.79 Å².